The molecule has 0 aromatic heterocycles. The molecule has 0 radical (unpaired) electrons. The van der Waals surface area contributed by atoms with Crippen LogP contribution in [0, 0.1) is 23.7 Å². The van der Waals surface area contributed by atoms with Crippen LogP contribution >= 0.6 is 0 Å². The third-order valence-electron chi connectivity index (χ3n) is 8.80. The van der Waals surface area contributed by atoms with E-state index in [4.69, 9.17) is 9.47 Å². The van der Waals surface area contributed by atoms with Crippen molar-refractivity contribution < 1.29 is 19.4 Å². The predicted octanol–water partition coefficient (Wildman–Crippen LogP) is 5.65. The maximum absolute atomic E-state index is 13.8. The van der Waals surface area contributed by atoms with Gasteiger partial charge < -0.3 is 19.5 Å². The SMILES string of the molecule is CCC/C=C/C=C/C[C@@H]1C[C@H](O)[C@H]2[C@@H]3/C(C)=C/[C@H]4C=C[C@H]5OC(C)(C)O[C@H]5[C@@H]4/C(C)=C/C=C\[C@@H]3C(=O)N12. The monoisotopic (exact) mass is 505 g/mol. The molecule has 0 spiro atoms. The van der Waals surface area contributed by atoms with E-state index in [0.717, 1.165) is 19.3 Å². The van der Waals surface area contributed by atoms with E-state index in [1.54, 1.807) is 0 Å². The van der Waals surface area contributed by atoms with Crippen LogP contribution in [-0.2, 0) is 14.3 Å². The highest BCUT2D eigenvalue weighted by molar-refractivity contribution is 5.85. The lowest BCUT2D eigenvalue weighted by Gasteiger charge is -2.35. The largest absolute Gasteiger partial charge is 0.391 e. The average molecular weight is 506 g/mol. The molecular formula is C32H43NO4. The Hall–Kier alpha value is -2.21. The summed E-state index contributed by atoms with van der Waals surface area (Å²) < 4.78 is 12.5. The molecule has 0 aromatic rings. The standard InChI is InChI=1S/C32H43NO4/c1-6-7-8-9-10-11-14-23-19-25(34)29-28-21(3)18-22-16-17-26-30(37-32(4,5)36-26)27(22)20(2)13-12-15-24(28)31(35)33(23)29/h8-13,15-18,22-30,34H,6-7,14,19H2,1-5H3/b9-8+,11-10+,15-12-,20-13+,21-18+/t22-,23-,24+,25+,26-,27-,28-,29+,30-/m1/s1. The van der Waals surface area contributed by atoms with Crippen LogP contribution in [-0.4, -0.2) is 52.1 Å². The van der Waals surface area contributed by atoms with Gasteiger partial charge in [0.05, 0.1) is 24.2 Å². The van der Waals surface area contributed by atoms with Gasteiger partial charge in [0.15, 0.2) is 5.79 Å². The number of hydrogen-bond donors (Lipinski definition) is 1. The zero-order valence-electron chi connectivity index (χ0n) is 22.9. The number of unbranched alkanes of at least 4 members (excludes halogenated alkanes) is 1. The van der Waals surface area contributed by atoms with Crippen LogP contribution in [0.25, 0.3) is 0 Å². The van der Waals surface area contributed by atoms with Crippen LogP contribution in [0.4, 0.5) is 0 Å². The first-order valence-electron chi connectivity index (χ1n) is 14.1. The second kappa shape index (κ2) is 10.5. The lowest BCUT2D eigenvalue weighted by atomic mass is 9.73. The predicted molar refractivity (Wildman–Crippen MR) is 146 cm³/mol. The molecule has 0 unspecified atom stereocenters. The van der Waals surface area contributed by atoms with Gasteiger partial charge in [-0.2, -0.15) is 0 Å². The molecule has 37 heavy (non-hydrogen) atoms. The molecule has 0 aromatic carbocycles. The fraction of sp³-hybridized carbons (Fsp3) is 0.594. The maximum atomic E-state index is 13.8. The number of carbonyl (C=O) groups excluding carboxylic acids is 1. The highest BCUT2D eigenvalue weighted by Gasteiger charge is 2.57. The summed E-state index contributed by atoms with van der Waals surface area (Å²) in [5.41, 5.74) is 2.41. The minimum Gasteiger partial charge on any atom is -0.391 e. The Bertz CT molecular complexity index is 1060. The quantitative estimate of drug-likeness (QED) is 0.388. The fourth-order valence-electron chi connectivity index (χ4n) is 7.25. The van der Waals surface area contributed by atoms with Gasteiger partial charge >= 0.3 is 0 Å². The van der Waals surface area contributed by atoms with E-state index in [1.165, 1.54) is 11.1 Å². The Morgan fingerprint density at radius 3 is 2.65 bits per heavy atom. The molecule has 1 amide bonds. The van der Waals surface area contributed by atoms with Crippen molar-refractivity contribution in [2.45, 2.75) is 96.5 Å². The van der Waals surface area contributed by atoms with Crippen LogP contribution in [0.1, 0.15) is 60.3 Å². The summed E-state index contributed by atoms with van der Waals surface area (Å²) in [5, 5.41) is 11.2. The molecule has 9 atom stereocenters. The number of allylic oxidation sites excluding steroid dienone is 7. The number of aliphatic hydroxyl groups is 1. The number of carbonyl (C=O) groups is 1. The summed E-state index contributed by atoms with van der Waals surface area (Å²) >= 11 is 0. The summed E-state index contributed by atoms with van der Waals surface area (Å²) in [5.74, 6) is -0.434. The zero-order valence-corrected chi connectivity index (χ0v) is 22.9. The number of fused-ring (bicyclic) bond motifs is 6. The molecule has 5 rings (SSSR count). The summed E-state index contributed by atoms with van der Waals surface area (Å²) in [6.45, 7) is 10.4. The zero-order chi connectivity index (χ0) is 26.3. The molecule has 0 saturated carbocycles. The average Bonchev–Trinajstić information content (AvgIpc) is 3.44. The third kappa shape index (κ3) is 4.98. The lowest BCUT2D eigenvalue weighted by molar-refractivity contribution is -0.146. The molecule has 200 valence electrons. The van der Waals surface area contributed by atoms with Crippen molar-refractivity contribution in [1.29, 1.82) is 0 Å². The van der Waals surface area contributed by atoms with Crippen molar-refractivity contribution in [2.75, 3.05) is 0 Å². The van der Waals surface area contributed by atoms with E-state index in [1.807, 2.05) is 18.7 Å². The van der Waals surface area contributed by atoms with E-state index >= 15 is 0 Å². The molecule has 0 bridgehead atoms. The number of aliphatic hydroxyl groups excluding tert-OH is 1. The molecular weight excluding hydrogens is 462 g/mol. The van der Waals surface area contributed by atoms with Gasteiger partial charge in [-0.25, -0.2) is 0 Å². The van der Waals surface area contributed by atoms with E-state index in [2.05, 4.69) is 81.5 Å². The molecule has 5 aliphatic rings. The van der Waals surface area contributed by atoms with Gasteiger partial charge in [0.1, 0.15) is 6.10 Å². The lowest BCUT2D eigenvalue weighted by Crippen LogP contribution is -2.39. The molecule has 5 nitrogen and oxygen atoms in total. The third-order valence-corrected chi connectivity index (χ3v) is 8.80. The van der Waals surface area contributed by atoms with Crippen LogP contribution in [0.5, 0.6) is 0 Å². The van der Waals surface area contributed by atoms with Gasteiger partial charge in [0.2, 0.25) is 5.91 Å². The molecule has 3 aliphatic heterocycles. The molecule has 3 heterocycles. The number of rotatable bonds is 5. The smallest absolute Gasteiger partial charge is 0.230 e. The number of amides is 1. The maximum Gasteiger partial charge on any atom is 0.230 e. The van der Waals surface area contributed by atoms with Gasteiger partial charge in [0, 0.05) is 23.8 Å². The molecule has 3 fully saturated rings. The van der Waals surface area contributed by atoms with Crippen LogP contribution in [0.3, 0.4) is 0 Å². The Morgan fingerprint density at radius 2 is 1.86 bits per heavy atom. The van der Waals surface area contributed by atoms with Crippen molar-refractivity contribution in [3.05, 3.63) is 71.9 Å². The Morgan fingerprint density at radius 1 is 1.08 bits per heavy atom. The van der Waals surface area contributed by atoms with Crippen molar-refractivity contribution in [3.8, 4) is 0 Å². The van der Waals surface area contributed by atoms with E-state index in [0.29, 0.717) is 6.42 Å². The van der Waals surface area contributed by atoms with Crippen LogP contribution < -0.4 is 0 Å². The summed E-state index contributed by atoms with van der Waals surface area (Å²) in [4.78, 5) is 15.8. The van der Waals surface area contributed by atoms with Gasteiger partial charge in [-0.15, -0.1) is 0 Å². The minimum absolute atomic E-state index is 0.0343. The fourth-order valence-corrected chi connectivity index (χ4v) is 7.25. The number of hydrogen-bond acceptors (Lipinski definition) is 4. The van der Waals surface area contributed by atoms with Crippen molar-refractivity contribution in [3.63, 3.8) is 0 Å². The summed E-state index contributed by atoms with van der Waals surface area (Å²) in [7, 11) is 0. The van der Waals surface area contributed by atoms with Gasteiger partial charge in [-0.3, -0.25) is 4.79 Å². The summed E-state index contributed by atoms with van der Waals surface area (Å²) in [6.07, 6.45) is 24.4. The minimum atomic E-state index is -0.606. The van der Waals surface area contributed by atoms with Gasteiger partial charge in [0.25, 0.3) is 0 Å². The molecule has 1 N–H and O–H groups in total. The first kappa shape index (κ1) is 26.4. The van der Waals surface area contributed by atoms with Crippen LogP contribution in [0.2, 0.25) is 0 Å². The Kier molecular flexibility index (Phi) is 7.50. The first-order chi connectivity index (χ1) is 17.7. The first-order valence-corrected chi connectivity index (χ1v) is 14.1. The Balaban J connectivity index is 1.43. The van der Waals surface area contributed by atoms with Gasteiger partial charge in [-0.1, -0.05) is 85.3 Å². The van der Waals surface area contributed by atoms with E-state index in [-0.39, 0.29) is 53.9 Å². The van der Waals surface area contributed by atoms with Gasteiger partial charge in [-0.05, 0) is 47.0 Å². The normalized spacial score (nSPS) is 44.2. The molecule has 2 aliphatic carbocycles. The second-order valence-electron chi connectivity index (χ2n) is 11.9. The van der Waals surface area contributed by atoms with Crippen molar-refractivity contribution >= 4 is 5.91 Å². The van der Waals surface area contributed by atoms with Crippen LogP contribution in [0.15, 0.2) is 71.9 Å². The van der Waals surface area contributed by atoms with E-state index < -0.39 is 11.9 Å². The topological polar surface area (TPSA) is 59.0 Å². The summed E-state index contributed by atoms with van der Waals surface area (Å²) in [6, 6.07) is -0.144. The van der Waals surface area contributed by atoms with E-state index in [9.17, 15) is 9.90 Å². The Labute approximate surface area is 222 Å². The van der Waals surface area contributed by atoms with Crippen molar-refractivity contribution in [1.82, 2.24) is 4.90 Å². The highest BCUT2D eigenvalue weighted by Crippen LogP contribution is 2.48. The number of nitrogens with zero attached hydrogens (tertiary/aromatic N) is 1. The second-order valence-corrected chi connectivity index (χ2v) is 11.9. The molecule has 5 heteroatoms. The highest BCUT2D eigenvalue weighted by atomic mass is 16.8. The number of ether oxygens (including phenoxy) is 2. The molecule has 3 saturated heterocycles. The van der Waals surface area contributed by atoms with Crippen molar-refractivity contribution in [2.24, 2.45) is 23.7 Å².